The fraction of sp³-hybridized carbons (Fsp3) is 0.133. The van der Waals surface area contributed by atoms with Gasteiger partial charge in [0.15, 0.2) is 0 Å². The Hall–Kier alpha value is -2.56. The summed E-state index contributed by atoms with van der Waals surface area (Å²) in [7, 11) is 0. The summed E-state index contributed by atoms with van der Waals surface area (Å²) in [5, 5.41) is 5.28. The highest BCUT2D eigenvalue weighted by Crippen LogP contribution is 2.18. The molecule has 0 bridgehead atoms. The Balaban J connectivity index is 2.01. The van der Waals surface area contributed by atoms with Gasteiger partial charge < -0.3 is 16.4 Å². The van der Waals surface area contributed by atoms with E-state index in [9.17, 15) is 9.18 Å². The van der Waals surface area contributed by atoms with Gasteiger partial charge >= 0.3 is 6.03 Å². The SMILES string of the molecule is CCc1ccc(NC(=O)Nc2ccc(F)cc2)cc1N. The van der Waals surface area contributed by atoms with E-state index in [-0.39, 0.29) is 5.82 Å². The molecule has 0 unspecified atom stereocenters. The van der Waals surface area contributed by atoms with Crippen LogP contribution >= 0.6 is 0 Å². The maximum absolute atomic E-state index is 12.7. The second kappa shape index (κ2) is 6.06. The fourth-order valence-electron chi connectivity index (χ4n) is 1.82. The normalized spacial score (nSPS) is 10.1. The molecule has 0 atom stereocenters. The maximum atomic E-state index is 12.7. The van der Waals surface area contributed by atoms with Gasteiger partial charge in [-0.25, -0.2) is 9.18 Å². The fourth-order valence-corrected chi connectivity index (χ4v) is 1.82. The molecule has 2 aromatic rings. The van der Waals surface area contributed by atoms with Crippen LogP contribution in [0.15, 0.2) is 42.5 Å². The molecule has 0 aromatic heterocycles. The van der Waals surface area contributed by atoms with Gasteiger partial charge in [-0.15, -0.1) is 0 Å². The highest BCUT2D eigenvalue weighted by Gasteiger charge is 2.04. The molecule has 0 aliphatic carbocycles. The van der Waals surface area contributed by atoms with Crippen molar-refractivity contribution in [2.45, 2.75) is 13.3 Å². The lowest BCUT2D eigenvalue weighted by molar-refractivity contribution is 0.262. The summed E-state index contributed by atoms with van der Waals surface area (Å²) in [5.74, 6) is -0.348. The van der Waals surface area contributed by atoms with Crippen molar-refractivity contribution in [2.24, 2.45) is 0 Å². The Bertz CT molecular complexity index is 611. The molecule has 104 valence electrons. The molecule has 0 spiro atoms. The van der Waals surface area contributed by atoms with Crippen LogP contribution < -0.4 is 16.4 Å². The first-order chi connectivity index (χ1) is 9.58. The number of nitrogens with one attached hydrogen (secondary N) is 2. The van der Waals surface area contributed by atoms with Gasteiger partial charge in [0, 0.05) is 17.1 Å². The topological polar surface area (TPSA) is 67.2 Å². The van der Waals surface area contributed by atoms with E-state index in [1.165, 1.54) is 24.3 Å². The van der Waals surface area contributed by atoms with E-state index >= 15 is 0 Å². The zero-order valence-corrected chi connectivity index (χ0v) is 11.1. The number of nitrogen functional groups attached to an aromatic ring is 1. The average molecular weight is 273 g/mol. The van der Waals surface area contributed by atoms with E-state index < -0.39 is 6.03 Å². The summed E-state index contributed by atoms with van der Waals surface area (Å²) in [5.41, 5.74) is 8.67. The van der Waals surface area contributed by atoms with Crippen molar-refractivity contribution < 1.29 is 9.18 Å². The highest BCUT2D eigenvalue weighted by atomic mass is 19.1. The minimum absolute atomic E-state index is 0.348. The van der Waals surface area contributed by atoms with Crippen LogP contribution in [0, 0.1) is 5.82 Å². The maximum Gasteiger partial charge on any atom is 0.323 e. The lowest BCUT2D eigenvalue weighted by Crippen LogP contribution is -2.19. The summed E-state index contributed by atoms with van der Waals surface area (Å²) in [6, 6.07) is 10.5. The number of hydrogen-bond acceptors (Lipinski definition) is 2. The van der Waals surface area contributed by atoms with E-state index in [2.05, 4.69) is 10.6 Å². The molecule has 0 fully saturated rings. The first-order valence-corrected chi connectivity index (χ1v) is 6.30. The Labute approximate surface area is 116 Å². The first-order valence-electron chi connectivity index (χ1n) is 6.30. The van der Waals surface area contributed by atoms with Gasteiger partial charge in [-0.2, -0.15) is 0 Å². The second-order valence-corrected chi connectivity index (χ2v) is 4.35. The van der Waals surface area contributed by atoms with Crippen molar-refractivity contribution in [3.05, 3.63) is 53.8 Å². The largest absolute Gasteiger partial charge is 0.398 e. The number of carbonyl (C=O) groups is 1. The summed E-state index contributed by atoms with van der Waals surface area (Å²) in [6.45, 7) is 2.01. The predicted octanol–water partition coefficient (Wildman–Crippen LogP) is 3.61. The van der Waals surface area contributed by atoms with Crippen molar-refractivity contribution in [1.29, 1.82) is 0 Å². The summed E-state index contributed by atoms with van der Waals surface area (Å²) in [6.07, 6.45) is 0.841. The number of rotatable bonds is 3. The number of carbonyl (C=O) groups excluding carboxylic acids is 1. The summed E-state index contributed by atoms with van der Waals surface area (Å²) < 4.78 is 12.7. The Morgan fingerprint density at radius 1 is 1.10 bits per heavy atom. The monoisotopic (exact) mass is 273 g/mol. The molecule has 0 saturated heterocycles. The quantitative estimate of drug-likeness (QED) is 0.748. The molecule has 2 amide bonds. The third-order valence-electron chi connectivity index (χ3n) is 2.89. The molecule has 5 heteroatoms. The number of urea groups is 1. The number of nitrogens with two attached hydrogens (primary N) is 1. The van der Waals surface area contributed by atoms with Crippen molar-refractivity contribution in [3.63, 3.8) is 0 Å². The number of amides is 2. The number of aryl methyl sites for hydroxylation is 1. The lowest BCUT2D eigenvalue weighted by Gasteiger charge is -2.10. The summed E-state index contributed by atoms with van der Waals surface area (Å²) >= 11 is 0. The minimum atomic E-state index is -0.403. The highest BCUT2D eigenvalue weighted by molar-refractivity contribution is 6.00. The average Bonchev–Trinajstić information content (AvgIpc) is 2.41. The van der Waals surface area contributed by atoms with Crippen LogP contribution in [0.3, 0.4) is 0 Å². The third kappa shape index (κ3) is 3.47. The number of hydrogen-bond donors (Lipinski definition) is 3. The third-order valence-corrected chi connectivity index (χ3v) is 2.89. The van der Waals surface area contributed by atoms with Crippen molar-refractivity contribution in [3.8, 4) is 0 Å². The van der Waals surface area contributed by atoms with Gasteiger partial charge in [0.25, 0.3) is 0 Å². The molecule has 2 aromatic carbocycles. The minimum Gasteiger partial charge on any atom is -0.398 e. The van der Waals surface area contributed by atoms with E-state index in [0.717, 1.165) is 12.0 Å². The van der Waals surface area contributed by atoms with Crippen LogP contribution in [0.1, 0.15) is 12.5 Å². The van der Waals surface area contributed by atoms with E-state index in [1.54, 1.807) is 12.1 Å². The van der Waals surface area contributed by atoms with Crippen LogP contribution in [0.25, 0.3) is 0 Å². The van der Waals surface area contributed by atoms with Gasteiger partial charge in [0.1, 0.15) is 5.82 Å². The van der Waals surface area contributed by atoms with Crippen LogP contribution in [-0.2, 0) is 6.42 Å². The molecule has 0 aliphatic heterocycles. The zero-order valence-electron chi connectivity index (χ0n) is 11.1. The molecule has 0 radical (unpaired) electrons. The van der Waals surface area contributed by atoms with Gasteiger partial charge in [0.2, 0.25) is 0 Å². The van der Waals surface area contributed by atoms with Crippen molar-refractivity contribution in [1.82, 2.24) is 0 Å². The summed E-state index contributed by atoms with van der Waals surface area (Å²) in [4.78, 5) is 11.8. The molecule has 2 rings (SSSR count). The lowest BCUT2D eigenvalue weighted by atomic mass is 10.1. The molecule has 0 heterocycles. The number of benzene rings is 2. The van der Waals surface area contributed by atoms with E-state index in [4.69, 9.17) is 5.73 Å². The molecule has 4 nitrogen and oxygen atoms in total. The molecule has 20 heavy (non-hydrogen) atoms. The molecule has 0 saturated carbocycles. The molecule has 4 N–H and O–H groups in total. The molecular weight excluding hydrogens is 257 g/mol. The smallest absolute Gasteiger partial charge is 0.323 e. The van der Waals surface area contributed by atoms with Crippen LogP contribution in [0.4, 0.5) is 26.2 Å². The van der Waals surface area contributed by atoms with E-state index in [1.807, 2.05) is 13.0 Å². The Morgan fingerprint density at radius 3 is 2.30 bits per heavy atom. The van der Waals surface area contributed by atoms with Crippen LogP contribution in [0.5, 0.6) is 0 Å². The van der Waals surface area contributed by atoms with E-state index in [0.29, 0.717) is 17.1 Å². The van der Waals surface area contributed by atoms with Gasteiger partial charge in [0.05, 0.1) is 0 Å². The second-order valence-electron chi connectivity index (χ2n) is 4.35. The first kappa shape index (κ1) is 13.9. The molecule has 0 aliphatic rings. The van der Waals surface area contributed by atoms with Crippen molar-refractivity contribution >= 4 is 23.1 Å². The zero-order chi connectivity index (χ0) is 14.5. The van der Waals surface area contributed by atoms with Gasteiger partial charge in [-0.05, 0) is 48.4 Å². The standard InChI is InChI=1S/C15H16FN3O/c1-2-10-3-6-13(9-14(10)17)19-15(20)18-12-7-4-11(16)5-8-12/h3-9H,2,17H2,1H3,(H2,18,19,20). The van der Waals surface area contributed by atoms with Gasteiger partial charge in [-0.1, -0.05) is 13.0 Å². The van der Waals surface area contributed by atoms with Crippen LogP contribution in [0.2, 0.25) is 0 Å². The Morgan fingerprint density at radius 2 is 1.70 bits per heavy atom. The van der Waals surface area contributed by atoms with Gasteiger partial charge in [-0.3, -0.25) is 0 Å². The van der Waals surface area contributed by atoms with Crippen molar-refractivity contribution in [2.75, 3.05) is 16.4 Å². The number of halogens is 1. The molecular formula is C15H16FN3O. The van der Waals surface area contributed by atoms with Crippen LogP contribution in [-0.4, -0.2) is 6.03 Å². The number of anilines is 3. The Kier molecular flexibility index (Phi) is 4.20. The predicted molar refractivity (Wildman–Crippen MR) is 79.3 cm³/mol.